The van der Waals surface area contributed by atoms with Crippen LogP contribution in [-0.2, 0) is 19.6 Å². The van der Waals surface area contributed by atoms with E-state index in [9.17, 15) is 22.8 Å². The van der Waals surface area contributed by atoms with Gasteiger partial charge in [-0.25, -0.2) is 23.1 Å². The number of sulfonamides is 1. The Hall–Kier alpha value is -2.98. The maximum Gasteiger partial charge on any atom is 0.342 e. The van der Waals surface area contributed by atoms with E-state index in [2.05, 4.69) is 5.32 Å². The van der Waals surface area contributed by atoms with Crippen molar-refractivity contribution < 1.29 is 27.2 Å². The molecule has 0 saturated heterocycles. The van der Waals surface area contributed by atoms with Crippen molar-refractivity contribution in [1.82, 2.24) is 0 Å². The largest absolute Gasteiger partial charge is 0.452 e. The number of aryl methyl sites for hydroxylation is 2. The number of hydrogen-bond acceptors (Lipinski definition) is 7. The Morgan fingerprint density at radius 1 is 1.19 bits per heavy atom. The number of nitrogens with two attached hydrogens (primary N) is 1. The zero-order valence-corrected chi connectivity index (χ0v) is 14.8. The number of benzene rings is 1. The van der Waals surface area contributed by atoms with Gasteiger partial charge in [0.25, 0.3) is 5.91 Å². The van der Waals surface area contributed by atoms with Crippen molar-refractivity contribution >= 4 is 27.6 Å². The van der Waals surface area contributed by atoms with Crippen molar-refractivity contribution in [2.24, 2.45) is 5.14 Å². The molecule has 0 fully saturated rings. The van der Waals surface area contributed by atoms with E-state index in [-0.39, 0.29) is 16.2 Å². The minimum Gasteiger partial charge on any atom is -0.452 e. The molecule has 0 atom stereocenters. The van der Waals surface area contributed by atoms with E-state index >= 15 is 0 Å². The van der Waals surface area contributed by atoms with Gasteiger partial charge in [0.1, 0.15) is 11.3 Å². The summed E-state index contributed by atoms with van der Waals surface area (Å²) >= 11 is 0. The SMILES string of the molecule is Cc1cc(=O)oc(C)c1C(=O)OCC(=O)Nc1ccc(S(N)(=O)=O)cc1. The van der Waals surface area contributed by atoms with Crippen molar-refractivity contribution in [1.29, 1.82) is 0 Å². The zero-order chi connectivity index (χ0) is 19.5. The van der Waals surface area contributed by atoms with Gasteiger partial charge in [-0.3, -0.25) is 4.79 Å². The molecule has 1 aromatic carbocycles. The number of primary sulfonamides is 1. The van der Waals surface area contributed by atoms with Crippen molar-refractivity contribution in [3.8, 4) is 0 Å². The molecule has 0 radical (unpaired) electrons. The first-order valence-electron chi connectivity index (χ1n) is 7.29. The number of anilines is 1. The van der Waals surface area contributed by atoms with Gasteiger partial charge in [0.2, 0.25) is 10.0 Å². The van der Waals surface area contributed by atoms with Gasteiger partial charge >= 0.3 is 11.6 Å². The van der Waals surface area contributed by atoms with Crippen molar-refractivity contribution in [2.45, 2.75) is 18.7 Å². The molecule has 9 nitrogen and oxygen atoms in total. The van der Waals surface area contributed by atoms with Crippen molar-refractivity contribution in [3.05, 3.63) is 57.6 Å². The summed E-state index contributed by atoms with van der Waals surface area (Å²) in [6.07, 6.45) is 0. The molecule has 138 valence electrons. The summed E-state index contributed by atoms with van der Waals surface area (Å²) in [5.41, 5.74) is 0.173. The molecule has 3 N–H and O–H groups in total. The monoisotopic (exact) mass is 380 g/mol. The highest BCUT2D eigenvalue weighted by molar-refractivity contribution is 7.89. The van der Waals surface area contributed by atoms with Crippen LogP contribution >= 0.6 is 0 Å². The molecule has 2 aromatic rings. The quantitative estimate of drug-likeness (QED) is 0.726. The number of carbonyl (C=O) groups excluding carboxylic acids is 2. The lowest BCUT2D eigenvalue weighted by Crippen LogP contribution is -2.22. The predicted molar refractivity (Wildman–Crippen MR) is 91.2 cm³/mol. The van der Waals surface area contributed by atoms with Crippen LogP contribution in [0.2, 0.25) is 0 Å². The summed E-state index contributed by atoms with van der Waals surface area (Å²) in [5, 5.41) is 7.42. The van der Waals surface area contributed by atoms with E-state index in [1.165, 1.54) is 31.2 Å². The number of nitrogens with one attached hydrogen (secondary N) is 1. The fraction of sp³-hybridized carbons (Fsp3) is 0.188. The zero-order valence-electron chi connectivity index (χ0n) is 13.9. The lowest BCUT2D eigenvalue weighted by Gasteiger charge is -2.09. The molecule has 0 unspecified atom stereocenters. The Morgan fingerprint density at radius 2 is 1.81 bits per heavy atom. The van der Waals surface area contributed by atoms with E-state index in [1.54, 1.807) is 6.92 Å². The van der Waals surface area contributed by atoms with Crippen molar-refractivity contribution in [2.75, 3.05) is 11.9 Å². The molecule has 10 heteroatoms. The summed E-state index contributed by atoms with van der Waals surface area (Å²) in [6.45, 7) is 2.42. The van der Waals surface area contributed by atoms with Crippen LogP contribution in [0.1, 0.15) is 21.7 Å². The van der Waals surface area contributed by atoms with Gasteiger partial charge in [-0.15, -0.1) is 0 Å². The van der Waals surface area contributed by atoms with Gasteiger partial charge < -0.3 is 14.5 Å². The Balaban J connectivity index is 1.99. The Bertz CT molecular complexity index is 982. The van der Waals surface area contributed by atoms with E-state index in [1.807, 2.05) is 0 Å². The van der Waals surface area contributed by atoms with E-state index in [4.69, 9.17) is 14.3 Å². The molecule has 0 aliphatic carbocycles. The van der Waals surface area contributed by atoms with Crippen LogP contribution in [0.5, 0.6) is 0 Å². The first-order chi connectivity index (χ1) is 12.1. The molecule has 26 heavy (non-hydrogen) atoms. The highest BCUT2D eigenvalue weighted by atomic mass is 32.2. The standard InChI is InChI=1S/C16H16N2O7S/c1-9-7-14(20)25-10(2)15(9)16(21)24-8-13(19)18-11-3-5-12(6-4-11)26(17,22)23/h3-7H,8H2,1-2H3,(H,18,19)(H2,17,22,23). The molecule has 0 saturated carbocycles. The van der Waals surface area contributed by atoms with E-state index in [0.717, 1.165) is 6.07 Å². The number of ether oxygens (including phenoxy) is 1. The van der Waals surface area contributed by atoms with Gasteiger partial charge in [-0.1, -0.05) is 0 Å². The van der Waals surface area contributed by atoms with Crippen LogP contribution in [0.15, 0.2) is 44.4 Å². The Kier molecular flexibility index (Phi) is 5.58. The second-order valence-corrected chi connectivity index (χ2v) is 6.93. The number of amides is 1. The van der Waals surface area contributed by atoms with Crippen LogP contribution in [0.25, 0.3) is 0 Å². The smallest absolute Gasteiger partial charge is 0.342 e. The number of esters is 1. The minimum atomic E-state index is -3.82. The first kappa shape index (κ1) is 19.3. The number of hydrogen-bond donors (Lipinski definition) is 2. The van der Waals surface area contributed by atoms with Gasteiger partial charge in [0.05, 0.1) is 4.90 Å². The fourth-order valence-corrected chi connectivity index (χ4v) is 2.71. The van der Waals surface area contributed by atoms with Crippen LogP contribution < -0.4 is 16.1 Å². The van der Waals surface area contributed by atoms with E-state index in [0.29, 0.717) is 11.3 Å². The average molecular weight is 380 g/mol. The maximum atomic E-state index is 12.1. The number of rotatable bonds is 5. The van der Waals surface area contributed by atoms with Gasteiger partial charge in [-0.05, 0) is 43.7 Å². The van der Waals surface area contributed by atoms with E-state index < -0.39 is 34.1 Å². The second-order valence-electron chi connectivity index (χ2n) is 5.37. The predicted octanol–water partition coefficient (Wildman–Crippen LogP) is 0.700. The summed E-state index contributed by atoms with van der Waals surface area (Å²) in [6, 6.07) is 6.31. The van der Waals surface area contributed by atoms with Gasteiger partial charge in [-0.2, -0.15) is 0 Å². The molecule has 0 spiro atoms. The average Bonchev–Trinajstić information content (AvgIpc) is 2.51. The fourth-order valence-electron chi connectivity index (χ4n) is 2.19. The molecule has 1 heterocycles. The summed E-state index contributed by atoms with van der Waals surface area (Å²) < 4.78 is 32.1. The van der Waals surface area contributed by atoms with Crippen LogP contribution in [0.3, 0.4) is 0 Å². The second kappa shape index (κ2) is 7.50. The third-order valence-electron chi connectivity index (χ3n) is 3.34. The molecule has 2 rings (SSSR count). The lowest BCUT2D eigenvalue weighted by atomic mass is 10.1. The van der Waals surface area contributed by atoms with Crippen LogP contribution in [0.4, 0.5) is 5.69 Å². The topological polar surface area (TPSA) is 146 Å². The van der Waals surface area contributed by atoms with Crippen LogP contribution in [0, 0.1) is 13.8 Å². The Morgan fingerprint density at radius 3 is 2.35 bits per heavy atom. The van der Waals surface area contributed by atoms with Crippen LogP contribution in [-0.4, -0.2) is 26.9 Å². The molecule has 0 aliphatic heterocycles. The lowest BCUT2D eigenvalue weighted by molar-refractivity contribution is -0.119. The Labute approximate surface area is 148 Å². The molecular weight excluding hydrogens is 364 g/mol. The molecule has 1 amide bonds. The normalized spacial score (nSPS) is 11.0. The maximum absolute atomic E-state index is 12.1. The first-order valence-corrected chi connectivity index (χ1v) is 8.84. The third-order valence-corrected chi connectivity index (χ3v) is 4.27. The number of carbonyl (C=O) groups is 2. The van der Waals surface area contributed by atoms with Gasteiger partial charge in [0, 0.05) is 11.8 Å². The molecule has 0 aliphatic rings. The van der Waals surface area contributed by atoms with Gasteiger partial charge in [0.15, 0.2) is 6.61 Å². The molecule has 1 aromatic heterocycles. The van der Waals surface area contributed by atoms with Crippen molar-refractivity contribution in [3.63, 3.8) is 0 Å². The third kappa shape index (κ3) is 4.77. The minimum absolute atomic E-state index is 0.0786. The molecule has 0 bridgehead atoms. The summed E-state index contributed by atoms with van der Waals surface area (Å²) in [7, 11) is -3.82. The summed E-state index contributed by atoms with van der Waals surface area (Å²) in [5.74, 6) is -1.34. The highest BCUT2D eigenvalue weighted by Gasteiger charge is 2.18. The summed E-state index contributed by atoms with van der Waals surface area (Å²) in [4.78, 5) is 35.0. The highest BCUT2D eigenvalue weighted by Crippen LogP contribution is 2.14. The molecular formula is C16H16N2O7S.